The summed E-state index contributed by atoms with van der Waals surface area (Å²) in [6.07, 6.45) is 5.56. The van der Waals surface area contributed by atoms with Crippen LogP contribution in [0.3, 0.4) is 0 Å². The quantitative estimate of drug-likeness (QED) is 0.373. The Hall–Kier alpha value is -2.31. The molecule has 0 aliphatic heterocycles. The second-order valence-electron chi connectivity index (χ2n) is 4.40. The first-order valence-corrected chi connectivity index (χ1v) is 7.87. The highest BCUT2D eigenvalue weighted by Gasteiger charge is 2.01. The van der Waals surface area contributed by atoms with Crippen LogP contribution in [0, 0.1) is 0 Å². The summed E-state index contributed by atoms with van der Waals surface area (Å²) in [6, 6.07) is 10.8. The van der Waals surface area contributed by atoms with Crippen LogP contribution in [0.5, 0.6) is 0 Å². The summed E-state index contributed by atoms with van der Waals surface area (Å²) >= 11 is 0. The monoisotopic (exact) mass is 319 g/mol. The lowest BCUT2D eigenvalue weighted by Gasteiger charge is -2.04. The molecule has 0 saturated carbocycles. The first-order chi connectivity index (χ1) is 10.3. The molecule has 0 spiro atoms. The van der Waals surface area contributed by atoms with Crippen LogP contribution in [0.2, 0.25) is 0 Å². The molecule has 116 valence electrons. The van der Waals surface area contributed by atoms with E-state index < -0.39 is 10.1 Å². The number of hydrogen-bond donors (Lipinski definition) is 0. The molecule has 1 heterocycles. The fraction of sp³-hybridized carbons (Fsp3) is 0.125. The summed E-state index contributed by atoms with van der Waals surface area (Å²) in [5.41, 5.74) is 0.746. The fourth-order valence-electron chi connectivity index (χ4n) is 1.55. The van der Waals surface area contributed by atoms with Crippen molar-refractivity contribution in [1.29, 1.82) is 0 Å². The van der Waals surface area contributed by atoms with Crippen LogP contribution in [0.1, 0.15) is 17.3 Å². The van der Waals surface area contributed by atoms with E-state index in [0.717, 1.165) is 12.1 Å². The molecule has 2 rings (SSSR count). The second kappa shape index (κ2) is 8.21. The number of aromatic nitrogens is 1. The minimum absolute atomic E-state index is 0.0979. The van der Waals surface area contributed by atoms with Crippen molar-refractivity contribution in [3.63, 3.8) is 0 Å². The van der Waals surface area contributed by atoms with Gasteiger partial charge in [-0.3, -0.25) is 4.79 Å². The number of carbonyl (C=O) groups excluding carboxylic acids is 1. The number of benzene rings is 1. The van der Waals surface area contributed by atoms with E-state index >= 15 is 0 Å². The molecule has 0 saturated heterocycles. The van der Waals surface area contributed by atoms with Crippen molar-refractivity contribution in [1.82, 2.24) is 0 Å². The van der Waals surface area contributed by atoms with E-state index in [-0.39, 0.29) is 10.7 Å². The lowest BCUT2D eigenvalue weighted by Crippen LogP contribution is -2.31. The third kappa shape index (κ3) is 5.99. The van der Waals surface area contributed by atoms with Crippen LogP contribution >= 0.6 is 0 Å². The molecule has 0 aliphatic carbocycles. The predicted molar refractivity (Wildman–Crippen MR) is 81.2 cm³/mol. The van der Waals surface area contributed by atoms with E-state index in [1.54, 1.807) is 13.0 Å². The number of rotatable bonds is 4. The number of allylic oxidation sites excluding steroid dienone is 1. The maximum absolute atomic E-state index is 10.9. The number of pyridine rings is 1. The average Bonchev–Trinajstić information content (AvgIpc) is 2.49. The average molecular weight is 319 g/mol. The van der Waals surface area contributed by atoms with Crippen molar-refractivity contribution < 1.29 is 22.3 Å². The van der Waals surface area contributed by atoms with Crippen molar-refractivity contribution in [2.45, 2.75) is 18.4 Å². The maximum Gasteiger partial charge on any atom is 0.169 e. The first kappa shape index (κ1) is 17.7. The largest absolute Gasteiger partial charge is 0.744 e. The SMILES string of the molecule is C=CC[n+]1ccc(C(C)=O)cc1.O=S(=O)([O-])c1ccccc1. The number of ketones is 1. The molecular formula is C16H17NO4S. The molecule has 1 aromatic heterocycles. The van der Waals surface area contributed by atoms with E-state index in [1.807, 2.05) is 35.2 Å². The molecule has 0 amide bonds. The summed E-state index contributed by atoms with van der Waals surface area (Å²) in [5.74, 6) is 0.0979. The molecule has 0 aliphatic rings. The van der Waals surface area contributed by atoms with Gasteiger partial charge in [-0.1, -0.05) is 24.8 Å². The molecule has 0 fully saturated rings. The Balaban J connectivity index is 0.000000224. The molecule has 5 nitrogen and oxygen atoms in total. The van der Waals surface area contributed by atoms with Crippen molar-refractivity contribution >= 4 is 15.9 Å². The number of hydrogen-bond acceptors (Lipinski definition) is 4. The van der Waals surface area contributed by atoms with Gasteiger partial charge in [0, 0.05) is 17.7 Å². The summed E-state index contributed by atoms with van der Waals surface area (Å²) < 4.78 is 32.8. The van der Waals surface area contributed by atoms with Gasteiger partial charge in [0.05, 0.1) is 4.90 Å². The van der Waals surface area contributed by atoms with Crippen molar-refractivity contribution in [3.8, 4) is 0 Å². The number of nitrogens with zero attached hydrogens (tertiary/aromatic N) is 1. The summed E-state index contributed by atoms with van der Waals surface area (Å²) in [4.78, 5) is 10.7. The van der Waals surface area contributed by atoms with Crippen molar-refractivity contribution in [3.05, 3.63) is 73.1 Å². The lowest BCUT2D eigenvalue weighted by atomic mass is 10.2. The Labute approximate surface area is 130 Å². The summed E-state index contributed by atoms with van der Waals surface area (Å²) in [5, 5.41) is 0. The molecule has 6 heteroatoms. The van der Waals surface area contributed by atoms with Gasteiger partial charge in [0.2, 0.25) is 0 Å². The minimum Gasteiger partial charge on any atom is -0.744 e. The molecule has 0 bridgehead atoms. The normalized spacial score (nSPS) is 10.3. The van der Waals surface area contributed by atoms with Gasteiger partial charge in [-0.2, -0.15) is 0 Å². The van der Waals surface area contributed by atoms with Crippen LogP contribution in [-0.4, -0.2) is 18.8 Å². The van der Waals surface area contributed by atoms with Gasteiger partial charge < -0.3 is 4.55 Å². The van der Waals surface area contributed by atoms with E-state index in [1.165, 1.54) is 24.3 Å². The zero-order valence-electron chi connectivity index (χ0n) is 12.2. The molecule has 0 radical (unpaired) electrons. The second-order valence-corrected chi connectivity index (χ2v) is 5.78. The van der Waals surface area contributed by atoms with Gasteiger partial charge in [-0.05, 0) is 25.1 Å². The van der Waals surface area contributed by atoms with Gasteiger partial charge in [0.25, 0.3) is 0 Å². The van der Waals surface area contributed by atoms with Crippen LogP contribution < -0.4 is 4.57 Å². The zero-order valence-corrected chi connectivity index (χ0v) is 13.0. The van der Waals surface area contributed by atoms with Gasteiger partial charge in [0.15, 0.2) is 24.7 Å². The Kier molecular flexibility index (Phi) is 6.62. The Bertz CT molecular complexity index is 723. The highest BCUT2D eigenvalue weighted by molar-refractivity contribution is 7.85. The zero-order chi connectivity index (χ0) is 16.6. The molecular weight excluding hydrogens is 302 g/mol. The van der Waals surface area contributed by atoms with Gasteiger partial charge in [-0.25, -0.2) is 13.0 Å². The van der Waals surface area contributed by atoms with E-state index in [9.17, 15) is 17.8 Å². The smallest absolute Gasteiger partial charge is 0.169 e. The summed E-state index contributed by atoms with van der Waals surface area (Å²) in [6.45, 7) is 5.96. The Morgan fingerprint density at radius 1 is 1.18 bits per heavy atom. The van der Waals surface area contributed by atoms with E-state index in [4.69, 9.17) is 0 Å². The number of Topliss-reactive ketones (excluding diaryl/α,β-unsaturated/α-hetero) is 1. The fourth-order valence-corrected chi connectivity index (χ4v) is 2.04. The van der Waals surface area contributed by atoms with Gasteiger partial charge in [-0.15, -0.1) is 0 Å². The van der Waals surface area contributed by atoms with E-state index in [0.29, 0.717) is 0 Å². The lowest BCUT2D eigenvalue weighted by molar-refractivity contribution is -0.687. The molecule has 2 aromatic rings. The summed E-state index contributed by atoms with van der Waals surface area (Å²) in [7, 11) is -4.25. The van der Waals surface area contributed by atoms with Crippen LogP contribution in [0.15, 0.2) is 72.4 Å². The van der Waals surface area contributed by atoms with Gasteiger partial charge in [0.1, 0.15) is 10.1 Å². The standard InChI is InChI=1S/C10H12NO.C6H6O3S/c1-3-6-11-7-4-10(5-8-11)9(2)12;7-10(8,9)6-4-2-1-3-5-6/h3-5,7-8H,1,6H2,2H3;1-5H,(H,7,8,9)/q+1;/p-1. The molecule has 0 atom stereocenters. The first-order valence-electron chi connectivity index (χ1n) is 6.46. The third-order valence-electron chi connectivity index (χ3n) is 2.67. The minimum atomic E-state index is -4.25. The third-order valence-corrected chi connectivity index (χ3v) is 3.52. The highest BCUT2D eigenvalue weighted by atomic mass is 32.2. The number of carbonyl (C=O) groups is 1. The highest BCUT2D eigenvalue weighted by Crippen LogP contribution is 2.05. The van der Waals surface area contributed by atoms with Crippen LogP contribution in [0.4, 0.5) is 0 Å². The van der Waals surface area contributed by atoms with Crippen molar-refractivity contribution in [2.24, 2.45) is 0 Å². The maximum atomic E-state index is 10.9. The molecule has 1 aromatic carbocycles. The predicted octanol–water partition coefficient (Wildman–Crippen LogP) is 1.95. The molecule has 0 N–H and O–H groups in total. The topological polar surface area (TPSA) is 78.1 Å². The van der Waals surface area contributed by atoms with E-state index in [2.05, 4.69) is 6.58 Å². The van der Waals surface area contributed by atoms with Crippen molar-refractivity contribution in [2.75, 3.05) is 0 Å². The van der Waals surface area contributed by atoms with Gasteiger partial charge >= 0.3 is 0 Å². The Morgan fingerprint density at radius 2 is 1.73 bits per heavy atom. The van der Waals surface area contributed by atoms with Crippen LogP contribution in [-0.2, 0) is 16.7 Å². The molecule has 0 unspecified atom stereocenters. The Morgan fingerprint density at radius 3 is 2.09 bits per heavy atom. The van der Waals surface area contributed by atoms with Crippen LogP contribution in [0.25, 0.3) is 0 Å². The molecule has 22 heavy (non-hydrogen) atoms.